The van der Waals surface area contributed by atoms with Gasteiger partial charge in [0.2, 0.25) is 0 Å². The summed E-state index contributed by atoms with van der Waals surface area (Å²) in [5, 5.41) is 7.88. The van der Waals surface area contributed by atoms with Crippen LogP contribution < -0.4 is 16.7 Å². The molecule has 3 heterocycles. The van der Waals surface area contributed by atoms with Crippen molar-refractivity contribution < 1.29 is 13.7 Å². The van der Waals surface area contributed by atoms with Crippen molar-refractivity contribution in [3.8, 4) is 0 Å². The zero-order valence-corrected chi connectivity index (χ0v) is 19.7. The van der Waals surface area contributed by atoms with Crippen molar-refractivity contribution >= 4 is 45.1 Å². The molecule has 8 nitrogen and oxygen atoms in total. The fourth-order valence-electron chi connectivity index (χ4n) is 4.13. The molecule has 3 aromatic carbocycles. The molecule has 9 heteroatoms. The van der Waals surface area contributed by atoms with Crippen LogP contribution in [0.1, 0.15) is 22.9 Å². The van der Waals surface area contributed by atoms with Gasteiger partial charge in [-0.2, -0.15) is 0 Å². The molecule has 0 spiro atoms. The second-order valence-electron chi connectivity index (χ2n) is 8.35. The van der Waals surface area contributed by atoms with Crippen LogP contribution in [-0.2, 0) is 4.84 Å². The molecule has 0 aliphatic carbocycles. The molecule has 6 rings (SSSR count). The van der Waals surface area contributed by atoms with E-state index in [1.54, 1.807) is 41.4 Å². The molecule has 1 unspecified atom stereocenters. The number of hydrogen-bond acceptors (Lipinski definition) is 8. The van der Waals surface area contributed by atoms with Crippen molar-refractivity contribution in [2.24, 2.45) is 5.16 Å². The summed E-state index contributed by atoms with van der Waals surface area (Å²) in [6.07, 6.45) is -0.916. The van der Waals surface area contributed by atoms with Gasteiger partial charge in [-0.05, 0) is 48.9 Å². The van der Waals surface area contributed by atoms with Gasteiger partial charge >= 0.3 is 11.3 Å². The maximum atomic E-state index is 13.0. The lowest BCUT2D eigenvalue weighted by Crippen LogP contribution is -2.38. The van der Waals surface area contributed by atoms with Gasteiger partial charge in [-0.15, -0.1) is 0 Å². The monoisotopic (exact) mass is 499 g/mol. The minimum atomic E-state index is -0.916. The largest absolute Gasteiger partial charge is 0.423 e. The third-order valence-electron chi connectivity index (χ3n) is 5.93. The first-order valence-corrected chi connectivity index (χ1v) is 11.5. The van der Waals surface area contributed by atoms with E-state index in [9.17, 15) is 9.59 Å². The molecule has 0 saturated heterocycles. The quantitative estimate of drug-likeness (QED) is 0.322. The molecule has 2 aromatic heterocycles. The van der Waals surface area contributed by atoms with Gasteiger partial charge < -0.3 is 13.7 Å². The summed E-state index contributed by atoms with van der Waals surface area (Å²) in [6, 6.07) is 23.0. The molecule has 1 atom stereocenters. The van der Waals surface area contributed by atoms with Gasteiger partial charge in [0.25, 0.3) is 6.23 Å². The van der Waals surface area contributed by atoms with Gasteiger partial charge in [-0.1, -0.05) is 47.1 Å². The molecule has 0 bridgehead atoms. The highest BCUT2D eigenvalue weighted by Crippen LogP contribution is 2.33. The van der Waals surface area contributed by atoms with Gasteiger partial charge in [0, 0.05) is 33.5 Å². The number of amidine groups is 1. The Kier molecular flexibility index (Phi) is 5.23. The first kappa shape index (κ1) is 21.9. The first-order valence-electron chi connectivity index (χ1n) is 11.1. The highest BCUT2D eigenvalue weighted by molar-refractivity contribution is 6.31. The summed E-state index contributed by atoms with van der Waals surface area (Å²) in [5.41, 5.74) is 5.80. The number of oxime groups is 1. The normalized spacial score (nSPS) is 15.2. The Bertz CT molecular complexity index is 1780. The van der Waals surface area contributed by atoms with Crippen molar-refractivity contribution in [2.45, 2.75) is 13.2 Å². The van der Waals surface area contributed by atoms with Crippen molar-refractivity contribution in [3.05, 3.63) is 121 Å². The van der Waals surface area contributed by atoms with Crippen LogP contribution in [0.25, 0.3) is 21.9 Å². The summed E-state index contributed by atoms with van der Waals surface area (Å²) in [5.74, 6) is 0.482. The second-order valence-corrected chi connectivity index (χ2v) is 8.79. The maximum Gasteiger partial charge on any atom is 0.345 e. The number of halogens is 1. The lowest BCUT2D eigenvalue weighted by Gasteiger charge is -2.27. The molecule has 178 valence electrons. The topological polar surface area (TPSA) is 97.3 Å². The van der Waals surface area contributed by atoms with Gasteiger partial charge in [0.1, 0.15) is 16.7 Å². The predicted octanol–water partition coefficient (Wildman–Crippen LogP) is 5.58. The molecule has 1 N–H and O–H groups in total. The van der Waals surface area contributed by atoms with Gasteiger partial charge in [-0.25, -0.2) is 14.6 Å². The molecule has 1 aliphatic rings. The minimum Gasteiger partial charge on any atom is -0.423 e. The number of anilines is 1. The summed E-state index contributed by atoms with van der Waals surface area (Å²) in [4.78, 5) is 30.4. The first-order chi connectivity index (χ1) is 17.5. The second kappa shape index (κ2) is 8.58. The van der Waals surface area contributed by atoms with Crippen LogP contribution in [0.3, 0.4) is 0 Å². The fourth-order valence-corrected chi connectivity index (χ4v) is 4.29. The Labute approximate surface area is 208 Å². The number of rotatable bonds is 4. The number of fused-ring (bicyclic) bond motifs is 2. The van der Waals surface area contributed by atoms with E-state index < -0.39 is 17.5 Å². The molecule has 5 aromatic rings. The van der Waals surface area contributed by atoms with Gasteiger partial charge in [-0.3, -0.25) is 5.43 Å². The Morgan fingerprint density at radius 1 is 0.889 bits per heavy atom. The smallest absolute Gasteiger partial charge is 0.345 e. The van der Waals surface area contributed by atoms with Crippen LogP contribution in [0.5, 0.6) is 0 Å². The van der Waals surface area contributed by atoms with Crippen LogP contribution in [0.2, 0.25) is 5.02 Å². The Hall–Kier alpha value is -4.56. The maximum absolute atomic E-state index is 13.0. The lowest BCUT2D eigenvalue weighted by atomic mass is 10.1. The third-order valence-corrected chi connectivity index (χ3v) is 6.17. The molecular weight excluding hydrogens is 482 g/mol. The number of nitrogens with one attached hydrogen (secondary N) is 1. The predicted molar refractivity (Wildman–Crippen MR) is 137 cm³/mol. The fraction of sp³-hybridized carbons (Fsp3) is 0.0741. The summed E-state index contributed by atoms with van der Waals surface area (Å²) >= 11 is 6.06. The molecule has 0 radical (unpaired) electrons. The Morgan fingerprint density at radius 3 is 2.47 bits per heavy atom. The van der Waals surface area contributed by atoms with E-state index in [1.807, 2.05) is 43.3 Å². The van der Waals surface area contributed by atoms with E-state index in [-0.39, 0.29) is 5.56 Å². The number of hydrazine groups is 1. The number of aryl methyl sites for hydroxylation is 1. The van der Waals surface area contributed by atoms with E-state index in [1.165, 1.54) is 6.07 Å². The summed E-state index contributed by atoms with van der Waals surface area (Å²) < 4.78 is 10.9. The van der Waals surface area contributed by atoms with Gasteiger partial charge in [0.15, 0.2) is 5.84 Å². The zero-order chi connectivity index (χ0) is 24.8. The van der Waals surface area contributed by atoms with Crippen LogP contribution in [0.15, 0.2) is 102 Å². The minimum absolute atomic E-state index is 0.261. The average Bonchev–Trinajstić information content (AvgIpc) is 3.28. The van der Waals surface area contributed by atoms with E-state index in [4.69, 9.17) is 25.3 Å². The van der Waals surface area contributed by atoms with Crippen LogP contribution in [0.4, 0.5) is 5.69 Å². The van der Waals surface area contributed by atoms with Crippen molar-refractivity contribution in [1.29, 1.82) is 0 Å². The van der Waals surface area contributed by atoms with Crippen molar-refractivity contribution in [1.82, 2.24) is 5.01 Å². The molecule has 0 saturated carbocycles. The average molecular weight is 500 g/mol. The number of nitrogens with zero attached hydrogens (tertiary/aromatic N) is 2. The molecule has 0 fully saturated rings. The standard InChI is InChI=1S/C27H18ClN3O5/c1-15-11-22-18(8-10-24(32)34-22)13-21(15)29-31-25(16-5-3-2-4-6-16)30-36-26(31)20-12-17-7-9-19(28)14-23(17)35-27(20)33/h2-14,26,29H,1H3. The van der Waals surface area contributed by atoms with Crippen LogP contribution in [-0.4, -0.2) is 10.8 Å². The van der Waals surface area contributed by atoms with Crippen LogP contribution in [0, 0.1) is 6.92 Å². The van der Waals surface area contributed by atoms with Crippen molar-refractivity contribution in [2.75, 3.05) is 5.43 Å². The highest BCUT2D eigenvalue weighted by atomic mass is 35.5. The molecule has 0 amide bonds. The Morgan fingerprint density at radius 2 is 1.64 bits per heavy atom. The van der Waals surface area contributed by atoms with E-state index in [0.29, 0.717) is 33.1 Å². The molecule has 36 heavy (non-hydrogen) atoms. The number of benzene rings is 3. The Balaban J connectivity index is 1.46. The van der Waals surface area contributed by atoms with Gasteiger partial charge in [0.05, 0.1) is 5.69 Å². The van der Waals surface area contributed by atoms with E-state index in [2.05, 4.69) is 10.6 Å². The molecular formula is C27H18ClN3O5. The lowest BCUT2D eigenvalue weighted by molar-refractivity contribution is 0.0164. The molecule has 1 aliphatic heterocycles. The summed E-state index contributed by atoms with van der Waals surface area (Å²) in [6.45, 7) is 1.88. The van der Waals surface area contributed by atoms with E-state index in [0.717, 1.165) is 16.5 Å². The zero-order valence-electron chi connectivity index (χ0n) is 18.9. The highest BCUT2D eigenvalue weighted by Gasteiger charge is 2.36. The van der Waals surface area contributed by atoms with Crippen LogP contribution >= 0.6 is 11.6 Å². The number of hydrogen-bond donors (Lipinski definition) is 1. The van der Waals surface area contributed by atoms with Crippen molar-refractivity contribution in [3.63, 3.8) is 0 Å². The SMILES string of the molecule is Cc1cc2oc(=O)ccc2cc1NN1C(c2ccccc2)=NOC1c1cc2ccc(Cl)cc2oc1=O. The summed E-state index contributed by atoms with van der Waals surface area (Å²) in [7, 11) is 0. The third kappa shape index (κ3) is 3.87. The van der Waals surface area contributed by atoms with E-state index >= 15 is 0 Å².